The van der Waals surface area contributed by atoms with E-state index in [1.165, 1.54) is 20.8 Å². The van der Waals surface area contributed by atoms with Gasteiger partial charge in [0.25, 0.3) is 14.2 Å². The average Bonchev–Trinajstić information content (AvgIpc) is 3.50. The molecule has 8 rings (SSSR count). The molecular weight excluding hydrogens is 1120 g/mol. The molecule has 1 saturated carbocycles. The molecule has 6 aliphatic rings. The molecule has 5 aliphatic heterocycles. The van der Waals surface area contributed by atoms with Crippen LogP contribution in [-0.2, 0) is 56.7 Å². The van der Waals surface area contributed by atoms with Crippen molar-refractivity contribution >= 4 is 58.9 Å². The number of carbonyl (C=O) groups is 3. The van der Waals surface area contributed by atoms with E-state index in [2.05, 4.69) is 144 Å². The Morgan fingerprint density at radius 1 is 0.821 bits per heavy atom. The highest BCUT2D eigenvalue weighted by atomic mass is 127. The Morgan fingerprint density at radius 3 is 2.09 bits per heavy atom. The second-order valence-corrected chi connectivity index (χ2v) is 31.4. The van der Waals surface area contributed by atoms with Gasteiger partial charge in [-0.1, -0.05) is 143 Å². The second kappa shape index (κ2) is 25.7. The maximum Gasteiger partial charge on any atom is 0.329 e. The molecule has 16 atom stereocenters. The summed E-state index contributed by atoms with van der Waals surface area (Å²) in [5, 5.41) is 2.26. The standard InChI is InChI=1S/C63H92INO12Si/c1-39-30-40(2)32-52(70-12)58-53(71-13)34-42(4)57(73-58)55(66)59(67)65-29-21-20-26-49(65)60(68)74-56(43(5)54-37-63(77-62(9,10)75-54)45(31-39)36-46(64)38-72-63)41(3)33-44-27-28-50(51(35-44)69-11)76-78(61(6,7)8,47-22-16-14-17-23-47)48-24-18-15-19-25-48/h14-19,22-25,31,33,40,42-46,49-54,56-58H,20-21,26-30,32,34-38H2,1-13H3/b39-31+,41-33+/t40-,42+,43+,44-,45-,46-,49-,50+,51+,52-,53-,54-,56+,57+,58+,63+/m0/s1. The smallest absolute Gasteiger partial charge is 0.329 e. The van der Waals surface area contributed by atoms with E-state index in [1.54, 1.807) is 21.3 Å². The summed E-state index contributed by atoms with van der Waals surface area (Å²) in [6.45, 7) is 22.1. The maximum absolute atomic E-state index is 15.2. The first-order valence-corrected chi connectivity index (χ1v) is 32.3. The van der Waals surface area contributed by atoms with Crippen LogP contribution in [0.5, 0.6) is 0 Å². The van der Waals surface area contributed by atoms with E-state index in [-0.39, 0.29) is 63.4 Å². The first kappa shape index (κ1) is 61.2. The van der Waals surface area contributed by atoms with E-state index in [9.17, 15) is 9.59 Å². The van der Waals surface area contributed by atoms with Gasteiger partial charge in [-0.2, -0.15) is 0 Å². The third kappa shape index (κ3) is 13.3. The first-order chi connectivity index (χ1) is 37.0. The molecule has 0 N–H and O–H groups in total. The van der Waals surface area contributed by atoms with Crippen molar-refractivity contribution in [2.75, 3.05) is 34.5 Å². The van der Waals surface area contributed by atoms with Crippen molar-refractivity contribution in [2.24, 2.45) is 29.6 Å². The number of hydrogen-bond acceptors (Lipinski definition) is 12. The van der Waals surface area contributed by atoms with Crippen molar-refractivity contribution in [3.63, 3.8) is 0 Å². The summed E-state index contributed by atoms with van der Waals surface area (Å²) in [7, 11) is 2.23. The number of cyclic esters (lactones) is 1. The molecule has 432 valence electrons. The Labute approximate surface area is 481 Å². The molecule has 4 bridgehead atoms. The number of rotatable bonds is 9. The van der Waals surface area contributed by atoms with Gasteiger partial charge < -0.3 is 47.2 Å². The summed E-state index contributed by atoms with van der Waals surface area (Å²) < 4.78 is 61.1. The van der Waals surface area contributed by atoms with Gasteiger partial charge in [0.15, 0.2) is 11.6 Å². The van der Waals surface area contributed by atoms with Crippen LogP contribution < -0.4 is 10.4 Å². The summed E-state index contributed by atoms with van der Waals surface area (Å²) in [4.78, 5) is 46.0. The van der Waals surface area contributed by atoms with Gasteiger partial charge in [-0.05, 0) is 131 Å². The molecule has 4 saturated heterocycles. The predicted molar refractivity (Wildman–Crippen MR) is 313 cm³/mol. The van der Waals surface area contributed by atoms with Crippen LogP contribution in [0.4, 0.5) is 0 Å². The number of amides is 1. The minimum Gasteiger partial charge on any atom is -0.456 e. The number of hydrogen-bond donors (Lipinski definition) is 0. The van der Waals surface area contributed by atoms with Gasteiger partial charge in [0.2, 0.25) is 5.78 Å². The van der Waals surface area contributed by atoms with Gasteiger partial charge in [0.05, 0.1) is 37.1 Å². The number of nitrogens with zero attached hydrogens (tertiary/aromatic N) is 1. The minimum absolute atomic E-state index is 0.0765. The monoisotopic (exact) mass is 1210 g/mol. The summed E-state index contributed by atoms with van der Waals surface area (Å²) in [6.07, 6.45) is 7.92. The van der Waals surface area contributed by atoms with Crippen LogP contribution in [0.1, 0.15) is 140 Å². The Morgan fingerprint density at radius 2 is 1.46 bits per heavy atom. The molecule has 0 aromatic heterocycles. The topological polar surface area (TPSA) is 138 Å². The third-order valence-electron chi connectivity index (χ3n) is 18.1. The van der Waals surface area contributed by atoms with Crippen LogP contribution in [0.2, 0.25) is 5.04 Å². The highest BCUT2D eigenvalue weighted by Crippen LogP contribution is 2.49. The molecule has 1 amide bonds. The quantitative estimate of drug-likeness (QED) is 0.0590. The van der Waals surface area contributed by atoms with E-state index in [1.807, 2.05) is 20.8 Å². The van der Waals surface area contributed by atoms with Crippen molar-refractivity contribution in [3.05, 3.63) is 84.0 Å². The lowest BCUT2D eigenvalue weighted by molar-refractivity contribution is -0.422. The van der Waals surface area contributed by atoms with Gasteiger partial charge in [0.1, 0.15) is 24.4 Å². The molecule has 2 aromatic rings. The van der Waals surface area contributed by atoms with Crippen molar-refractivity contribution < 1.29 is 56.7 Å². The summed E-state index contributed by atoms with van der Waals surface area (Å²) in [5.74, 6) is -4.52. The molecule has 2 aromatic carbocycles. The fourth-order valence-corrected chi connectivity index (χ4v) is 19.7. The van der Waals surface area contributed by atoms with Gasteiger partial charge in [-0.25, -0.2) is 4.79 Å². The van der Waals surface area contributed by atoms with Crippen molar-refractivity contribution in [2.45, 2.75) is 215 Å². The molecule has 15 heteroatoms. The van der Waals surface area contributed by atoms with E-state index in [0.29, 0.717) is 51.6 Å². The van der Waals surface area contributed by atoms with Crippen molar-refractivity contribution in [1.29, 1.82) is 0 Å². The number of carbonyl (C=O) groups excluding carboxylic acids is 3. The zero-order valence-electron chi connectivity index (χ0n) is 49.0. The number of benzene rings is 2. The molecule has 0 unspecified atom stereocenters. The van der Waals surface area contributed by atoms with E-state index < -0.39 is 74.1 Å². The number of ketones is 1. The van der Waals surface area contributed by atoms with E-state index in [4.69, 9.17) is 42.3 Å². The lowest BCUT2D eigenvalue weighted by atomic mass is 9.79. The molecule has 5 heterocycles. The Bertz CT molecular complexity index is 2370. The van der Waals surface area contributed by atoms with Crippen LogP contribution in [-0.4, -0.2) is 136 Å². The Hall–Kier alpha value is -2.84. The van der Waals surface area contributed by atoms with Gasteiger partial charge >= 0.3 is 5.97 Å². The predicted octanol–water partition coefficient (Wildman–Crippen LogP) is 10.5. The third-order valence-corrected chi connectivity index (χ3v) is 24.0. The average molecular weight is 1210 g/mol. The molecule has 1 aliphatic carbocycles. The van der Waals surface area contributed by atoms with Crippen LogP contribution >= 0.6 is 22.6 Å². The van der Waals surface area contributed by atoms with Gasteiger partial charge in [0, 0.05) is 50.1 Å². The van der Waals surface area contributed by atoms with Gasteiger partial charge in [-0.15, -0.1) is 0 Å². The molecule has 0 radical (unpaired) electrons. The van der Waals surface area contributed by atoms with Crippen LogP contribution in [0.3, 0.4) is 0 Å². The summed E-state index contributed by atoms with van der Waals surface area (Å²) in [6, 6.07) is 20.5. The normalized spacial score (nSPS) is 37.7. The Balaban J connectivity index is 1.15. The number of fused-ring (bicyclic) bond motifs is 4. The number of alkyl halides is 1. The number of halogens is 1. The highest BCUT2D eigenvalue weighted by molar-refractivity contribution is 14.1. The largest absolute Gasteiger partial charge is 0.456 e. The number of allylic oxidation sites excluding steroid dienone is 2. The summed E-state index contributed by atoms with van der Waals surface area (Å²) >= 11 is 2.50. The Kier molecular flexibility index (Phi) is 20.2. The number of piperidine rings is 1. The lowest BCUT2D eigenvalue weighted by Gasteiger charge is -2.54. The van der Waals surface area contributed by atoms with Crippen molar-refractivity contribution in [3.8, 4) is 0 Å². The van der Waals surface area contributed by atoms with E-state index in [0.717, 1.165) is 31.3 Å². The number of Topliss-reactive ketones (excluding diaryl/α,β-unsaturated/α-hetero) is 1. The number of esters is 1. The van der Waals surface area contributed by atoms with Crippen LogP contribution in [0.15, 0.2) is 84.0 Å². The van der Waals surface area contributed by atoms with Crippen LogP contribution in [0, 0.1) is 29.6 Å². The minimum atomic E-state index is -2.89. The molecular formula is C63H92INO12Si. The fraction of sp³-hybridized carbons (Fsp3) is 0.698. The first-order valence-electron chi connectivity index (χ1n) is 29.1. The molecule has 13 nitrogen and oxygen atoms in total. The zero-order chi connectivity index (χ0) is 56.3. The fourth-order valence-electron chi connectivity index (χ4n) is 14.3. The molecule has 5 fully saturated rings. The maximum atomic E-state index is 15.2. The van der Waals surface area contributed by atoms with E-state index >= 15 is 4.79 Å². The second-order valence-electron chi connectivity index (χ2n) is 25.4. The SMILES string of the molecule is CO[C@H]1C[C@@H](C)C/C(C)=C/[C@H]2C[C@H](I)CO[C@@]23C[C@H](OC(C)(C)O3)[C@@H](C)[C@@H](/C(C)=C/[C@@H]2CC[C@@H](O[Si](c3ccccc3)(c3ccccc3)C(C)(C)C)[C@H](OC)C2)OC(=O)[C@@H]2CCCCN2C(=O)C(=O)[C@@H]2O[C@H]1[C@@H](OC)C[C@H]2C. The van der Waals surface area contributed by atoms with Gasteiger partial charge in [-0.3, -0.25) is 9.59 Å². The number of ether oxygens (including phenoxy) is 8. The van der Waals surface area contributed by atoms with Crippen molar-refractivity contribution in [1.82, 2.24) is 4.90 Å². The summed E-state index contributed by atoms with van der Waals surface area (Å²) in [5.41, 5.74) is 2.10. The molecule has 1 spiro atoms. The highest BCUT2D eigenvalue weighted by Gasteiger charge is 2.57. The lowest BCUT2D eigenvalue weighted by Crippen LogP contribution is -2.68. The number of methoxy groups -OCH3 is 3. The molecule has 78 heavy (non-hydrogen) atoms. The van der Waals surface area contributed by atoms with Crippen LogP contribution in [0.25, 0.3) is 0 Å². The zero-order valence-corrected chi connectivity index (χ0v) is 52.2.